The molecule has 6 unspecified atom stereocenters. The molecule has 0 aromatic heterocycles. The second-order valence-corrected chi connectivity index (χ2v) is 18.8. The van der Waals surface area contributed by atoms with E-state index in [2.05, 4.69) is 30.2 Å². The molecule has 6 atom stereocenters. The van der Waals surface area contributed by atoms with Crippen LogP contribution in [-0.2, 0) is 38.3 Å². The van der Waals surface area contributed by atoms with Crippen molar-refractivity contribution in [3.8, 4) is 0 Å². The highest BCUT2D eigenvalue weighted by atomic mass is 32.3. The Morgan fingerprint density at radius 1 is 0.597 bits per heavy atom. The molecule has 1 fully saturated rings. The van der Waals surface area contributed by atoms with Gasteiger partial charge in [-0.25, -0.2) is 4.18 Å². The summed E-state index contributed by atoms with van der Waals surface area (Å²) in [7, 11) is -5.06. The smallest absolute Gasteiger partial charge is 0.397 e. The quantitative estimate of drug-likeness (QED) is 0.0197. The lowest BCUT2D eigenvalue weighted by molar-refractivity contribution is -0.301. The number of unbranched alkanes of at least 4 members (excludes halogenated alkanes) is 30. The molecule has 0 spiro atoms. The molecule has 0 saturated carbocycles. The molecule has 12 nitrogen and oxygen atoms in total. The Morgan fingerprint density at radius 3 is 1.45 bits per heavy atom. The molecule has 1 saturated heterocycles. The van der Waals surface area contributed by atoms with Crippen LogP contribution in [0.3, 0.4) is 0 Å². The van der Waals surface area contributed by atoms with Crippen LogP contribution in [0.5, 0.6) is 0 Å². The molecule has 0 aromatic rings. The third-order valence-electron chi connectivity index (χ3n) is 11.9. The maximum absolute atomic E-state index is 12.9. The van der Waals surface area contributed by atoms with Gasteiger partial charge in [0.2, 0.25) is 0 Å². The minimum atomic E-state index is -5.06. The average Bonchev–Trinajstić information content (AvgIpc) is 3.24. The summed E-state index contributed by atoms with van der Waals surface area (Å²) in [6, 6.07) is 0. The van der Waals surface area contributed by atoms with Gasteiger partial charge in [0, 0.05) is 13.0 Å². The van der Waals surface area contributed by atoms with E-state index in [1.807, 2.05) is 0 Å². The second kappa shape index (κ2) is 41.3. The molecule has 62 heavy (non-hydrogen) atoms. The van der Waals surface area contributed by atoms with Gasteiger partial charge in [0.15, 0.2) is 6.29 Å². The summed E-state index contributed by atoms with van der Waals surface area (Å²) in [6.45, 7) is 4.03. The summed E-state index contributed by atoms with van der Waals surface area (Å²) in [4.78, 5) is 12.9. The van der Waals surface area contributed by atoms with Crippen LogP contribution < -0.4 is 0 Å². The fourth-order valence-electron chi connectivity index (χ4n) is 8.02. The highest BCUT2D eigenvalue weighted by Crippen LogP contribution is 2.26. The molecular weight excluding hydrogens is 813 g/mol. The van der Waals surface area contributed by atoms with E-state index in [0.717, 1.165) is 38.5 Å². The van der Waals surface area contributed by atoms with Gasteiger partial charge in [-0.15, -0.1) is 0 Å². The summed E-state index contributed by atoms with van der Waals surface area (Å²) in [5.74, 6) is -0.396. The molecule has 4 N–H and O–H groups in total. The number of ether oxygens (including phenoxy) is 4. The molecule has 0 radical (unpaired) electrons. The van der Waals surface area contributed by atoms with Gasteiger partial charge in [-0.05, 0) is 38.5 Å². The lowest BCUT2D eigenvalue weighted by Gasteiger charge is -2.41. The van der Waals surface area contributed by atoms with Gasteiger partial charge >= 0.3 is 16.4 Å². The summed E-state index contributed by atoms with van der Waals surface area (Å²) < 4.78 is 59.2. The van der Waals surface area contributed by atoms with Crippen LogP contribution in [0.25, 0.3) is 0 Å². The lowest BCUT2D eigenvalue weighted by Crippen LogP contribution is -2.60. The molecule has 1 aliphatic heterocycles. The first-order valence-electron chi connectivity index (χ1n) is 25.4. The van der Waals surface area contributed by atoms with Crippen molar-refractivity contribution in [2.45, 2.75) is 269 Å². The first kappa shape index (κ1) is 58.9. The molecule has 0 bridgehead atoms. The van der Waals surface area contributed by atoms with Crippen molar-refractivity contribution in [1.29, 1.82) is 0 Å². The van der Waals surface area contributed by atoms with Gasteiger partial charge in [0.25, 0.3) is 0 Å². The van der Waals surface area contributed by atoms with Gasteiger partial charge in [-0.2, -0.15) is 8.42 Å². The number of allylic oxidation sites excluding steroid dienone is 2. The first-order valence-corrected chi connectivity index (χ1v) is 26.8. The number of aliphatic hydroxyl groups excluding tert-OH is 3. The Bertz CT molecular complexity index is 1140. The number of esters is 1. The van der Waals surface area contributed by atoms with E-state index in [1.165, 1.54) is 167 Å². The van der Waals surface area contributed by atoms with E-state index in [4.69, 9.17) is 18.9 Å². The topological polar surface area (TPSA) is 178 Å². The third kappa shape index (κ3) is 34.2. The zero-order valence-corrected chi connectivity index (χ0v) is 40.3. The maximum Gasteiger partial charge on any atom is 0.397 e. The van der Waals surface area contributed by atoms with Crippen molar-refractivity contribution in [2.24, 2.45) is 0 Å². The molecular formula is C49H94O12S. The fraction of sp³-hybridized carbons (Fsp3) is 0.939. The maximum atomic E-state index is 12.9. The molecule has 1 rings (SSSR count). The van der Waals surface area contributed by atoms with Crippen molar-refractivity contribution in [1.82, 2.24) is 0 Å². The molecule has 0 amide bonds. The minimum absolute atomic E-state index is 0.0414. The Labute approximate surface area is 379 Å². The SMILES string of the molecule is CCCCCCCC/C=C\CCCCCCCCCCCC(=O)OC(COCCCCCCCCCCCCCCCCCC)COC1OC(CO)C(O)C(OS(=O)(=O)O)C1O. The van der Waals surface area contributed by atoms with Crippen LogP contribution in [0.15, 0.2) is 12.2 Å². The summed E-state index contributed by atoms with van der Waals surface area (Å²) in [6.07, 6.45) is 36.7. The summed E-state index contributed by atoms with van der Waals surface area (Å²) >= 11 is 0. The monoisotopic (exact) mass is 907 g/mol. The van der Waals surface area contributed by atoms with Gasteiger partial charge in [0.05, 0.1) is 19.8 Å². The van der Waals surface area contributed by atoms with Crippen LogP contribution in [0, 0.1) is 0 Å². The standard InChI is InChI=1S/C49H94O12S/c1-3-5-7-9-11-13-15-17-19-21-22-23-24-26-28-30-32-34-36-38-45(51)59-43(42-58-49-47(53)48(61-62(54,55)56)46(52)44(40-50)60-49)41-57-39-37-35-33-31-29-27-25-20-18-16-14-12-10-8-6-4-2/h17,19,43-44,46-50,52-53H,3-16,18,20-42H2,1-2H3,(H,54,55,56)/b19-17-. The fourth-order valence-corrected chi connectivity index (χ4v) is 8.53. The predicted octanol–water partition coefficient (Wildman–Crippen LogP) is 11.4. The summed E-state index contributed by atoms with van der Waals surface area (Å²) in [5.41, 5.74) is 0. The molecule has 0 aliphatic carbocycles. The predicted molar refractivity (Wildman–Crippen MR) is 248 cm³/mol. The van der Waals surface area contributed by atoms with Crippen LogP contribution in [0.1, 0.15) is 232 Å². The molecule has 1 aliphatic rings. The second-order valence-electron chi connectivity index (χ2n) is 17.8. The van der Waals surface area contributed by atoms with Crippen LogP contribution in [-0.4, -0.2) is 97.5 Å². The van der Waals surface area contributed by atoms with Gasteiger partial charge in [0.1, 0.15) is 30.5 Å². The third-order valence-corrected chi connectivity index (χ3v) is 12.4. The number of rotatable bonds is 45. The number of carbonyl (C=O) groups is 1. The number of hydrogen-bond donors (Lipinski definition) is 4. The summed E-state index contributed by atoms with van der Waals surface area (Å²) in [5, 5.41) is 30.7. The van der Waals surface area contributed by atoms with E-state index >= 15 is 0 Å². The van der Waals surface area contributed by atoms with E-state index in [0.29, 0.717) is 13.0 Å². The van der Waals surface area contributed by atoms with Crippen molar-refractivity contribution < 1.29 is 56.2 Å². The van der Waals surface area contributed by atoms with Crippen molar-refractivity contribution in [2.75, 3.05) is 26.4 Å². The minimum Gasteiger partial charge on any atom is -0.457 e. The number of aliphatic hydroxyl groups is 3. The average molecular weight is 907 g/mol. The van der Waals surface area contributed by atoms with Crippen LogP contribution >= 0.6 is 0 Å². The Hall–Kier alpha value is -1.16. The van der Waals surface area contributed by atoms with E-state index in [9.17, 15) is 33.1 Å². The molecule has 0 aromatic carbocycles. The normalized spacial score (nSPS) is 20.0. The van der Waals surface area contributed by atoms with Crippen LogP contribution in [0.2, 0.25) is 0 Å². The Morgan fingerprint density at radius 2 is 1.02 bits per heavy atom. The number of carbonyl (C=O) groups excluding carboxylic acids is 1. The first-order chi connectivity index (χ1) is 30.1. The van der Waals surface area contributed by atoms with E-state index in [1.54, 1.807) is 0 Å². The lowest BCUT2D eigenvalue weighted by atomic mass is 9.99. The highest BCUT2D eigenvalue weighted by Gasteiger charge is 2.48. The van der Waals surface area contributed by atoms with Crippen molar-refractivity contribution in [3.05, 3.63) is 12.2 Å². The molecule has 13 heteroatoms. The Balaban J connectivity index is 2.36. The molecule has 368 valence electrons. The Kier molecular flexibility index (Phi) is 39.2. The molecule has 1 heterocycles. The van der Waals surface area contributed by atoms with Gasteiger partial charge in [-0.1, -0.05) is 199 Å². The van der Waals surface area contributed by atoms with E-state index < -0.39 is 59.8 Å². The van der Waals surface area contributed by atoms with Gasteiger partial charge < -0.3 is 34.3 Å². The van der Waals surface area contributed by atoms with Crippen molar-refractivity contribution in [3.63, 3.8) is 0 Å². The zero-order chi connectivity index (χ0) is 45.4. The van der Waals surface area contributed by atoms with Gasteiger partial charge in [-0.3, -0.25) is 9.35 Å². The van der Waals surface area contributed by atoms with E-state index in [-0.39, 0.29) is 19.6 Å². The zero-order valence-electron chi connectivity index (χ0n) is 39.5. The largest absolute Gasteiger partial charge is 0.457 e. The van der Waals surface area contributed by atoms with Crippen LogP contribution in [0.4, 0.5) is 0 Å². The number of hydrogen-bond acceptors (Lipinski definition) is 11. The highest BCUT2D eigenvalue weighted by molar-refractivity contribution is 7.80. The van der Waals surface area contributed by atoms with Crippen molar-refractivity contribution >= 4 is 16.4 Å².